The van der Waals surface area contributed by atoms with Gasteiger partial charge in [0.1, 0.15) is 6.04 Å². The third-order valence-corrected chi connectivity index (χ3v) is 6.30. The highest BCUT2D eigenvalue weighted by atomic mass is 16.5. The molecule has 29 heavy (non-hydrogen) atoms. The number of carbonyl (C=O) groups is 1. The van der Waals surface area contributed by atoms with Crippen LogP contribution < -0.4 is 0 Å². The van der Waals surface area contributed by atoms with Gasteiger partial charge in [-0.2, -0.15) is 0 Å². The maximum atomic E-state index is 12.7. The van der Waals surface area contributed by atoms with Crippen LogP contribution in [-0.4, -0.2) is 41.8 Å². The van der Waals surface area contributed by atoms with Gasteiger partial charge in [-0.15, -0.1) is 0 Å². The Bertz CT molecular complexity index is 1020. The number of methoxy groups -OCH3 is 1. The molecule has 0 radical (unpaired) electrons. The lowest BCUT2D eigenvalue weighted by Gasteiger charge is -2.43. The lowest BCUT2D eigenvalue weighted by Crippen LogP contribution is -2.52. The van der Waals surface area contributed by atoms with E-state index in [1.165, 1.54) is 7.11 Å². The summed E-state index contributed by atoms with van der Waals surface area (Å²) < 4.78 is 5.14. The molecule has 1 N–H and O–H groups in total. The van der Waals surface area contributed by atoms with E-state index >= 15 is 0 Å². The van der Waals surface area contributed by atoms with Gasteiger partial charge in [0.15, 0.2) is 0 Å². The van der Waals surface area contributed by atoms with Crippen LogP contribution in [0.4, 0.5) is 0 Å². The highest BCUT2D eigenvalue weighted by molar-refractivity contribution is 5.84. The molecule has 0 bridgehead atoms. The fraction of sp³-hybridized carbons (Fsp3) is 0.240. The molecule has 5 rings (SSSR count). The molecule has 1 fully saturated rings. The van der Waals surface area contributed by atoms with Gasteiger partial charge in [-0.05, 0) is 27.8 Å². The number of rotatable bonds is 3. The topological polar surface area (TPSA) is 49.8 Å². The van der Waals surface area contributed by atoms with Crippen molar-refractivity contribution in [1.29, 1.82) is 0 Å². The molecule has 4 heteroatoms. The predicted octanol–water partition coefficient (Wildman–Crippen LogP) is 3.57. The van der Waals surface area contributed by atoms with E-state index in [2.05, 4.69) is 41.3 Å². The highest BCUT2D eigenvalue weighted by Gasteiger charge is 2.55. The van der Waals surface area contributed by atoms with Crippen molar-refractivity contribution in [3.63, 3.8) is 0 Å². The van der Waals surface area contributed by atoms with E-state index in [1.54, 1.807) is 0 Å². The second-order valence-electron chi connectivity index (χ2n) is 7.75. The molecule has 1 aliphatic carbocycles. The number of hydrogen-bond donors (Lipinski definition) is 1. The van der Waals surface area contributed by atoms with Gasteiger partial charge in [0.25, 0.3) is 0 Å². The van der Waals surface area contributed by atoms with Gasteiger partial charge in [-0.25, -0.2) is 0 Å². The van der Waals surface area contributed by atoms with Gasteiger partial charge >= 0.3 is 5.97 Å². The van der Waals surface area contributed by atoms with Crippen LogP contribution in [0.15, 0.2) is 78.9 Å². The number of fused-ring (bicyclic) bond motifs is 3. The quantitative estimate of drug-likeness (QED) is 0.701. The molecule has 0 saturated carbocycles. The van der Waals surface area contributed by atoms with Crippen molar-refractivity contribution in [3.05, 3.63) is 95.6 Å². The first-order valence-corrected chi connectivity index (χ1v) is 9.95. The summed E-state index contributed by atoms with van der Waals surface area (Å²) in [6.45, 7) is 0.400. The van der Waals surface area contributed by atoms with Gasteiger partial charge in [-0.3, -0.25) is 9.69 Å². The molecule has 1 aliphatic heterocycles. The standard InChI is InChI=1S/C25H23NO3/c1-29-24(28)23-15-18(27)16-26(23)25(17-9-3-2-4-10-17)21-13-7-5-11-19(21)20-12-6-8-14-22(20)25/h2-14,18,23,27H,15-16H2,1H3. The summed E-state index contributed by atoms with van der Waals surface area (Å²) in [7, 11) is 1.41. The number of likely N-dealkylation sites (tertiary alicyclic amines) is 1. The molecule has 0 spiro atoms. The Morgan fingerprint density at radius 3 is 2.07 bits per heavy atom. The first-order valence-electron chi connectivity index (χ1n) is 9.95. The van der Waals surface area contributed by atoms with Gasteiger partial charge < -0.3 is 9.84 Å². The van der Waals surface area contributed by atoms with E-state index < -0.39 is 17.7 Å². The molecular weight excluding hydrogens is 362 g/mol. The van der Waals surface area contributed by atoms with E-state index in [0.717, 1.165) is 27.8 Å². The Balaban J connectivity index is 1.86. The summed E-state index contributed by atoms with van der Waals surface area (Å²) >= 11 is 0. The number of benzene rings is 3. The number of nitrogens with zero attached hydrogens (tertiary/aromatic N) is 1. The van der Waals surface area contributed by atoms with E-state index in [4.69, 9.17) is 4.74 Å². The minimum atomic E-state index is -0.662. The lowest BCUT2D eigenvalue weighted by atomic mass is 9.78. The van der Waals surface area contributed by atoms with Crippen LogP contribution >= 0.6 is 0 Å². The van der Waals surface area contributed by atoms with Crippen LogP contribution in [0.2, 0.25) is 0 Å². The van der Waals surface area contributed by atoms with E-state index in [0.29, 0.717) is 13.0 Å². The van der Waals surface area contributed by atoms with Gasteiger partial charge in [0, 0.05) is 13.0 Å². The third kappa shape index (κ3) is 2.49. The number of hydrogen-bond acceptors (Lipinski definition) is 4. The Kier molecular flexibility index (Phi) is 4.26. The van der Waals surface area contributed by atoms with Crippen LogP contribution in [0.1, 0.15) is 23.1 Å². The number of aliphatic hydroxyl groups excluding tert-OH is 1. The van der Waals surface area contributed by atoms with Crippen LogP contribution in [0.5, 0.6) is 0 Å². The van der Waals surface area contributed by atoms with Gasteiger partial charge in [-0.1, -0.05) is 78.9 Å². The molecule has 3 aromatic carbocycles. The zero-order valence-corrected chi connectivity index (χ0v) is 16.3. The number of β-amino-alcohol motifs (C(OH)–C–C–N with tert-alkyl or cyclic N) is 1. The fourth-order valence-electron chi connectivity index (χ4n) is 5.22. The Hall–Kier alpha value is -2.95. The largest absolute Gasteiger partial charge is 0.468 e. The van der Waals surface area contributed by atoms with Gasteiger partial charge in [0.2, 0.25) is 0 Å². The average Bonchev–Trinajstić information content (AvgIpc) is 3.30. The molecule has 1 heterocycles. The monoisotopic (exact) mass is 385 g/mol. The van der Waals surface area contributed by atoms with Crippen LogP contribution in [-0.2, 0) is 15.1 Å². The van der Waals surface area contributed by atoms with E-state index in [9.17, 15) is 9.90 Å². The van der Waals surface area contributed by atoms with Crippen molar-refractivity contribution < 1.29 is 14.6 Å². The molecular formula is C25H23NO3. The van der Waals surface area contributed by atoms with Crippen molar-refractivity contribution in [3.8, 4) is 11.1 Å². The highest BCUT2D eigenvalue weighted by Crippen LogP contribution is 2.55. The van der Waals surface area contributed by atoms with Gasteiger partial charge in [0.05, 0.1) is 18.8 Å². The van der Waals surface area contributed by atoms with Crippen molar-refractivity contribution in [2.45, 2.75) is 24.1 Å². The van der Waals surface area contributed by atoms with Crippen LogP contribution in [0.3, 0.4) is 0 Å². The third-order valence-electron chi connectivity index (χ3n) is 6.30. The Labute approximate surface area is 170 Å². The van der Waals surface area contributed by atoms with E-state index in [1.807, 2.05) is 42.5 Å². The zero-order chi connectivity index (χ0) is 20.0. The molecule has 2 aliphatic rings. The zero-order valence-electron chi connectivity index (χ0n) is 16.3. The smallest absolute Gasteiger partial charge is 0.323 e. The predicted molar refractivity (Wildman–Crippen MR) is 111 cm³/mol. The second-order valence-corrected chi connectivity index (χ2v) is 7.75. The maximum Gasteiger partial charge on any atom is 0.323 e. The summed E-state index contributed by atoms with van der Waals surface area (Å²) in [6, 6.07) is 26.5. The number of ether oxygens (including phenoxy) is 1. The molecule has 1 saturated heterocycles. The average molecular weight is 385 g/mol. The maximum absolute atomic E-state index is 12.7. The second kappa shape index (κ2) is 6.83. The fourth-order valence-corrected chi connectivity index (χ4v) is 5.22. The summed E-state index contributed by atoms with van der Waals surface area (Å²) in [6.07, 6.45) is -0.217. The minimum absolute atomic E-state index is 0.307. The number of esters is 1. The van der Waals surface area contributed by atoms with Crippen molar-refractivity contribution in [2.75, 3.05) is 13.7 Å². The Morgan fingerprint density at radius 2 is 1.48 bits per heavy atom. The van der Waals surface area contributed by atoms with Crippen molar-refractivity contribution in [1.82, 2.24) is 4.90 Å². The van der Waals surface area contributed by atoms with Crippen LogP contribution in [0.25, 0.3) is 11.1 Å². The molecule has 146 valence electrons. The summed E-state index contributed by atoms with van der Waals surface area (Å²) in [4.78, 5) is 14.9. The SMILES string of the molecule is COC(=O)C1CC(O)CN1C1(c2ccccc2)c2ccccc2-c2ccccc21. The summed E-state index contributed by atoms with van der Waals surface area (Å²) in [5.41, 5.74) is 5.02. The number of carbonyl (C=O) groups excluding carboxylic acids is 1. The normalized spacial score (nSPS) is 22.1. The van der Waals surface area contributed by atoms with Crippen LogP contribution in [0, 0.1) is 0 Å². The lowest BCUT2D eigenvalue weighted by molar-refractivity contribution is -0.147. The molecule has 2 unspecified atom stereocenters. The molecule has 0 aromatic heterocycles. The van der Waals surface area contributed by atoms with E-state index in [-0.39, 0.29) is 5.97 Å². The molecule has 4 nitrogen and oxygen atoms in total. The van der Waals surface area contributed by atoms with Crippen molar-refractivity contribution >= 4 is 5.97 Å². The molecule has 0 amide bonds. The summed E-state index contributed by atoms with van der Waals surface area (Å²) in [5, 5.41) is 10.6. The molecule has 3 aromatic rings. The minimum Gasteiger partial charge on any atom is -0.468 e. The Morgan fingerprint density at radius 1 is 0.931 bits per heavy atom. The number of aliphatic hydroxyl groups is 1. The first kappa shape index (κ1) is 18.1. The summed E-state index contributed by atoms with van der Waals surface area (Å²) in [5.74, 6) is -0.307. The first-order chi connectivity index (χ1) is 14.2. The van der Waals surface area contributed by atoms with Crippen molar-refractivity contribution in [2.24, 2.45) is 0 Å². The molecule has 2 atom stereocenters.